The van der Waals surface area contributed by atoms with Crippen LogP contribution >= 0.6 is 0 Å². The van der Waals surface area contributed by atoms with Crippen LogP contribution in [-0.2, 0) is 10.0 Å². The Labute approximate surface area is 147 Å². The van der Waals surface area contributed by atoms with Crippen LogP contribution in [0.1, 0.15) is 12.8 Å². The predicted molar refractivity (Wildman–Crippen MR) is 87.3 cm³/mol. The lowest BCUT2D eigenvalue weighted by Gasteiger charge is -2.29. The van der Waals surface area contributed by atoms with Gasteiger partial charge in [-0.25, -0.2) is 17.9 Å². The molecule has 0 radical (unpaired) electrons. The van der Waals surface area contributed by atoms with Crippen molar-refractivity contribution in [1.82, 2.24) is 9.62 Å². The highest BCUT2D eigenvalue weighted by atomic mass is 32.2. The molecule has 1 aromatic carbocycles. The van der Waals surface area contributed by atoms with Gasteiger partial charge in [0.15, 0.2) is 4.90 Å². The highest BCUT2D eigenvalue weighted by Crippen LogP contribution is 2.28. The van der Waals surface area contributed by atoms with Crippen molar-refractivity contribution in [2.75, 3.05) is 19.6 Å². The van der Waals surface area contributed by atoms with E-state index in [1.54, 1.807) is 0 Å². The fourth-order valence-corrected chi connectivity index (χ4v) is 3.89. The minimum absolute atomic E-state index is 0.00999. The van der Waals surface area contributed by atoms with E-state index in [1.165, 1.54) is 4.90 Å². The van der Waals surface area contributed by atoms with Gasteiger partial charge in [-0.15, -0.1) is 0 Å². The highest BCUT2D eigenvalue weighted by Gasteiger charge is 2.30. The van der Waals surface area contributed by atoms with E-state index >= 15 is 0 Å². The zero-order valence-corrected chi connectivity index (χ0v) is 14.2. The number of carbonyl (C=O) groups is 1. The van der Waals surface area contributed by atoms with E-state index in [0.29, 0.717) is 18.9 Å². The molecule has 0 atom stereocenters. The van der Waals surface area contributed by atoms with Gasteiger partial charge in [0, 0.05) is 25.7 Å². The minimum atomic E-state index is -4.25. The monoisotopic (exact) mass is 388 g/mol. The lowest BCUT2D eigenvalue weighted by atomic mass is 9.97. The molecule has 2 rings (SSSR count). The maximum atomic E-state index is 12.4. The van der Waals surface area contributed by atoms with E-state index in [2.05, 4.69) is 4.72 Å². The molecule has 26 heavy (non-hydrogen) atoms. The van der Waals surface area contributed by atoms with Gasteiger partial charge >= 0.3 is 6.09 Å². The minimum Gasteiger partial charge on any atom is -0.465 e. The zero-order chi connectivity index (χ0) is 19.5. The third kappa shape index (κ3) is 4.43. The zero-order valence-electron chi connectivity index (χ0n) is 13.4. The van der Waals surface area contributed by atoms with Crippen molar-refractivity contribution in [2.45, 2.75) is 17.7 Å². The summed E-state index contributed by atoms with van der Waals surface area (Å²) in [4.78, 5) is 31.4. The molecule has 0 spiro atoms. The second-order valence-corrected chi connectivity index (χ2v) is 7.47. The Morgan fingerprint density at radius 2 is 1.85 bits per heavy atom. The molecule has 0 unspecified atom stereocenters. The van der Waals surface area contributed by atoms with Crippen molar-refractivity contribution in [3.8, 4) is 0 Å². The van der Waals surface area contributed by atoms with E-state index < -0.39 is 42.2 Å². The number of nitrogens with one attached hydrogen (secondary N) is 1. The fourth-order valence-electron chi connectivity index (χ4n) is 2.62. The average Bonchev–Trinajstić information content (AvgIpc) is 2.59. The molecule has 0 aliphatic carbocycles. The molecule has 2 N–H and O–H groups in total. The molecule has 13 heteroatoms. The first-order chi connectivity index (χ1) is 12.1. The van der Waals surface area contributed by atoms with E-state index in [1.807, 2.05) is 0 Å². The van der Waals surface area contributed by atoms with Gasteiger partial charge in [-0.2, -0.15) is 0 Å². The largest absolute Gasteiger partial charge is 0.465 e. The maximum absolute atomic E-state index is 12.4. The van der Waals surface area contributed by atoms with Gasteiger partial charge in [-0.1, -0.05) is 0 Å². The van der Waals surface area contributed by atoms with E-state index in [-0.39, 0.29) is 25.6 Å². The van der Waals surface area contributed by atoms with Gasteiger partial charge < -0.3 is 10.0 Å². The molecule has 142 valence electrons. The summed E-state index contributed by atoms with van der Waals surface area (Å²) in [5, 5.41) is 30.7. The Hall–Kier alpha value is -2.80. The van der Waals surface area contributed by atoms with Crippen molar-refractivity contribution < 1.29 is 28.2 Å². The van der Waals surface area contributed by atoms with Crippen molar-refractivity contribution in [3.05, 3.63) is 38.4 Å². The predicted octanol–water partition coefficient (Wildman–Crippen LogP) is 1.17. The van der Waals surface area contributed by atoms with Crippen LogP contribution < -0.4 is 4.72 Å². The molecule has 1 aromatic rings. The summed E-state index contributed by atoms with van der Waals surface area (Å²) in [5.74, 6) is -0.113. The quantitative estimate of drug-likeness (QED) is 0.539. The summed E-state index contributed by atoms with van der Waals surface area (Å²) in [5.41, 5.74) is -1.47. The number of piperidine rings is 1. The summed E-state index contributed by atoms with van der Waals surface area (Å²) in [6.07, 6.45) is -0.125. The molecule has 12 nitrogen and oxygen atoms in total. The first-order valence-corrected chi connectivity index (χ1v) is 9.00. The van der Waals surface area contributed by atoms with E-state index in [0.717, 1.165) is 12.1 Å². The normalized spacial score (nSPS) is 15.6. The number of nitro groups is 2. The molecule has 0 aromatic heterocycles. The van der Waals surface area contributed by atoms with Crippen LogP contribution in [0, 0.1) is 26.1 Å². The summed E-state index contributed by atoms with van der Waals surface area (Å²) in [6, 6.07) is 2.30. The standard InChI is InChI=1S/C13H16N4O8S/c18-13(19)15-5-3-9(4-6-15)8-14-26(24,25)12-2-1-10(16(20)21)7-11(12)17(22)23/h1-2,7,9,14H,3-6,8H2,(H,18,19). The molecule has 0 bridgehead atoms. The van der Waals surface area contributed by atoms with Gasteiger partial charge in [0.25, 0.3) is 11.4 Å². The fraction of sp³-hybridized carbons (Fsp3) is 0.462. The van der Waals surface area contributed by atoms with Crippen molar-refractivity contribution in [1.29, 1.82) is 0 Å². The van der Waals surface area contributed by atoms with Gasteiger partial charge in [0.1, 0.15) is 0 Å². The highest BCUT2D eigenvalue weighted by molar-refractivity contribution is 7.89. The summed E-state index contributed by atoms with van der Waals surface area (Å²) < 4.78 is 27.0. The first-order valence-electron chi connectivity index (χ1n) is 7.52. The molecule has 1 aliphatic rings. The maximum Gasteiger partial charge on any atom is 0.407 e. The summed E-state index contributed by atoms with van der Waals surface area (Å²) >= 11 is 0. The summed E-state index contributed by atoms with van der Waals surface area (Å²) in [7, 11) is -4.25. The number of nitro benzene ring substituents is 2. The van der Waals surface area contributed by atoms with Crippen molar-refractivity contribution in [3.63, 3.8) is 0 Å². The SMILES string of the molecule is O=C(O)N1CCC(CNS(=O)(=O)c2ccc([N+](=O)[O-])cc2[N+](=O)[O-])CC1. The second kappa shape index (κ2) is 7.61. The van der Waals surface area contributed by atoms with Gasteiger partial charge in [-0.3, -0.25) is 20.2 Å². The summed E-state index contributed by atoms with van der Waals surface area (Å²) in [6.45, 7) is 0.544. The van der Waals surface area contributed by atoms with Gasteiger partial charge in [-0.05, 0) is 24.8 Å². The number of nitrogens with zero attached hydrogens (tertiary/aromatic N) is 3. The number of hydrogen-bond acceptors (Lipinski definition) is 7. The van der Waals surface area contributed by atoms with Crippen LogP contribution in [0.2, 0.25) is 0 Å². The number of non-ortho nitro benzene ring substituents is 1. The van der Waals surface area contributed by atoms with Gasteiger partial charge in [0.2, 0.25) is 10.0 Å². The smallest absolute Gasteiger partial charge is 0.407 e. The number of amides is 1. The lowest BCUT2D eigenvalue weighted by molar-refractivity contribution is -0.396. The van der Waals surface area contributed by atoms with Crippen molar-refractivity contribution in [2.24, 2.45) is 5.92 Å². The third-order valence-corrected chi connectivity index (χ3v) is 5.56. The van der Waals surface area contributed by atoms with Crippen molar-refractivity contribution >= 4 is 27.5 Å². The molecule has 0 saturated carbocycles. The molecule has 1 amide bonds. The topological polar surface area (TPSA) is 173 Å². The van der Waals surface area contributed by atoms with Crippen LogP contribution in [0.25, 0.3) is 0 Å². The molecule has 1 heterocycles. The number of likely N-dealkylation sites (tertiary alicyclic amines) is 1. The molecular weight excluding hydrogens is 372 g/mol. The number of sulfonamides is 1. The Balaban J connectivity index is 2.12. The van der Waals surface area contributed by atoms with Crippen LogP contribution in [0.5, 0.6) is 0 Å². The number of benzene rings is 1. The Bertz CT molecular complexity index is 833. The number of rotatable bonds is 6. The Morgan fingerprint density at radius 3 is 2.35 bits per heavy atom. The second-order valence-electron chi connectivity index (χ2n) is 5.73. The Kier molecular flexibility index (Phi) is 5.72. The van der Waals surface area contributed by atoms with E-state index in [9.17, 15) is 33.4 Å². The molecule has 1 aliphatic heterocycles. The number of carboxylic acid groups (broad SMARTS) is 1. The molecule has 1 saturated heterocycles. The number of hydrogen-bond donors (Lipinski definition) is 2. The molecule has 1 fully saturated rings. The van der Waals surface area contributed by atoms with Crippen LogP contribution in [-0.4, -0.2) is 54.0 Å². The third-order valence-electron chi connectivity index (χ3n) is 4.09. The average molecular weight is 388 g/mol. The molecular formula is C13H16N4O8S. The van der Waals surface area contributed by atoms with Gasteiger partial charge in [0.05, 0.1) is 15.9 Å². The van der Waals surface area contributed by atoms with Crippen LogP contribution in [0.3, 0.4) is 0 Å². The van der Waals surface area contributed by atoms with Crippen LogP contribution in [0.4, 0.5) is 16.2 Å². The Morgan fingerprint density at radius 1 is 1.23 bits per heavy atom. The van der Waals surface area contributed by atoms with E-state index in [4.69, 9.17) is 5.11 Å². The van der Waals surface area contributed by atoms with Crippen LogP contribution in [0.15, 0.2) is 23.1 Å². The lowest BCUT2D eigenvalue weighted by Crippen LogP contribution is -2.40. The first kappa shape index (κ1) is 19.5.